The van der Waals surface area contributed by atoms with E-state index in [-0.39, 0.29) is 12.1 Å². The second kappa shape index (κ2) is 4.82. The fourth-order valence-electron chi connectivity index (χ4n) is 2.03. The molecule has 1 N–H and O–H groups in total. The van der Waals surface area contributed by atoms with Gasteiger partial charge in [-0.25, -0.2) is 0 Å². The maximum atomic E-state index is 6.21. The zero-order chi connectivity index (χ0) is 11.7. The smallest absolute Gasteiger partial charge is 0.127 e. The average Bonchev–Trinajstić information content (AvgIpc) is 2.51. The van der Waals surface area contributed by atoms with Crippen LogP contribution in [0.5, 0.6) is 5.75 Å². The molecular formula is C12H15Cl2NO. The molecule has 2 nitrogen and oxygen atoms in total. The van der Waals surface area contributed by atoms with Crippen LogP contribution in [0.1, 0.15) is 31.9 Å². The summed E-state index contributed by atoms with van der Waals surface area (Å²) in [5, 5.41) is 4.74. The number of hydrogen-bond acceptors (Lipinski definition) is 2. The SMILES string of the molecule is CCCNC1c2c(Cl)cc(Cl)cc2OC1C. The van der Waals surface area contributed by atoms with Crippen LogP contribution in [0.3, 0.4) is 0 Å². The summed E-state index contributed by atoms with van der Waals surface area (Å²) < 4.78 is 5.75. The van der Waals surface area contributed by atoms with Crippen molar-refractivity contribution < 1.29 is 4.74 Å². The minimum absolute atomic E-state index is 0.0949. The van der Waals surface area contributed by atoms with Crippen molar-refractivity contribution in [2.24, 2.45) is 0 Å². The normalized spacial score (nSPS) is 23.0. The van der Waals surface area contributed by atoms with Crippen molar-refractivity contribution in [3.8, 4) is 5.75 Å². The molecule has 0 saturated carbocycles. The van der Waals surface area contributed by atoms with Crippen LogP contribution in [0.2, 0.25) is 10.0 Å². The molecule has 0 radical (unpaired) electrons. The topological polar surface area (TPSA) is 21.3 Å². The summed E-state index contributed by atoms with van der Waals surface area (Å²) in [6, 6.07) is 3.76. The van der Waals surface area contributed by atoms with E-state index >= 15 is 0 Å². The van der Waals surface area contributed by atoms with E-state index in [0.29, 0.717) is 10.0 Å². The number of halogens is 2. The minimum atomic E-state index is 0.0949. The Morgan fingerprint density at radius 3 is 2.81 bits per heavy atom. The summed E-state index contributed by atoms with van der Waals surface area (Å²) in [4.78, 5) is 0. The highest BCUT2D eigenvalue weighted by atomic mass is 35.5. The van der Waals surface area contributed by atoms with E-state index in [2.05, 4.69) is 12.2 Å². The van der Waals surface area contributed by atoms with Gasteiger partial charge in [0.25, 0.3) is 0 Å². The van der Waals surface area contributed by atoms with Gasteiger partial charge in [-0.1, -0.05) is 30.1 Å². The maximum absolute atomic E-state index is 6.21. The van der Waals surface area contributed by atoms with Crippen LogP contribution in [0.25, 0.3) is 0 Å². The summed E-state index contributed by atoms with van der Waals surface area (Å²) in [6.07, 6.45) is 1.18. The third-order valence-electron chi connectivity index (χ3n) is 2.76. The van der Waals surface area contributed by atoms with E-state index in [0.717, 1.165) is 24.3 Å². The van der Waals surface area contributed by atoms with Crippen LogP contribution in [0, 0.1) is 0 Å². The van der Waals surface area contributed by atoms with Gasteiger partial charge >= 0.3 is 0 Å². The molecule has 0 bridgehead atoms. The highest BCUT2D eigenvalue weighted by Crippen LogP contribution is 2.42. The highest BCUT2D eigenvalue weighted by Gasteiger charge is 2.33. The van der Waals surface area contributed by atoms with Crippen molar-refractivity contribution in [1.29, 1.82) is 0 Å². The summed E-state index contributed by atoms with van der Waals surface area (Å²) in [7, 11) is 0. The molecule has 16 heavy (non-hydrogen) atoms. The standard InChI is InChI=1S/C12H15Cl2NO/c1-3-4-15-12-7(2)16-10-6-8(13)5-9(14)11(10)12/h5-7,12,15H,3-4H2,1-2H3. The van der Waals surface area contributed by atoms with Gasteiger partial charge in [-0.3, -0.25) is 0 Å². The molecule has 0 aromatic heterocycles. The quantitative estimate of drug-likeness (QED) is 0.892. The second-order valence-electron chi connectivity index (χ2n) is 4.05. The lowest BCUT2D eigenvalue weighted by atomic mass is 10.0. The monoisotopic (exact) mass is 259 g/mol. The molecule has 88 valence electrons. The predicted molar refractivity (Wildman–Crippen MR) is 67.6 cm³/mol. The van der Waals surface area contributed by atoms with Gasteiger partial charge in [0, 0.05) is 10.6 Å². The third kappa shape index (κ3) is 2.15. The lowest BCUT2D eigenvalue weighted by molar-refractivity contribution is 0.210. The van der Waals surface area contributed by atoms with Crippen LogP contribution >= 0.6 is 23.2 Å². The molecule has 2 unspecified atom stereocenters. The molecule has 1 heterocycles. The third-order valence-corrected chi connectivity index (χ3v) is 3.29. The first-order valence-corrected chi connectivity index (χ1v) is 6.28. The molecule has 2 atom stereocenters. The second-order valence-corrected chi connectivity index (χ2v) is 4.90. The van der Waals surface area contributed by atoms with Crippen molar-refractivity contribution in [2.45, 2.75) is 32.4 Å². The molecule has 1 aliphatic heterocycles. The van der Waals surface area contributed by atoms with Gasteiger partial charge in [-0.15, -0.1) is 0 Å². The molecule has 0 spiro atoms. The molecule has 0 saturated heterocycles. The molecule has 0 aliphatic carbocycles. The Balaban J connectivity index is 2.32. The van der Waals surface area contributed by atoms with E-state index in [4.69, 9.17) is 27.9 Å². The average molecular weight is 260 g/mol. The lowest BCUT2D eigenvalue weighted by Gasteiger charge is -2.16. The fourth-order valence-corrected chi connectivity index (χ4v) is 2.62. The Hall–Kier alpha value is -0.440. The van der Waals surface area contributed by atoms with Gasteiger partial charge in [-0.2, -0.15) is 0 Å². The van der Waals surface area contributed by atoms with Gasteiger partial charge in [0.05, 0.1) is 11.1 Å². The van der Waals surface area contributed by atoms with E-state index in [1.54, 1.807) is 6.07 Å². The summed E-state index contributed by atoms with van der Waals surface area (Å²) in [6.45, 7) is 5.13. The van der Waals surface area contributed by atoms with E-state index in [1.165, 1.54) is 0 Å². The molecule has 0 fully saturated rings. The summed E-state index contributed by atoms with van der Waals surface area (Å²) in [5.41, 5.74) is 1.03. The molecule has 1 aliphatic rings. The number of nitrogens with one attached hydrogen (secondary N) is 1. The lowest BCUT2D eigenvalue weighted by Crippen LogP contribution is -2.29. The minimum Gasteiger partial charge on any atom is -0.488 e. The number of fused-ring (bicyclic) bond motifs is 1. The van der Waals surface area contributed by atoms with Crippen molar-refractivity contribution in [3.63, 3.8) is 0 Å². The van der Waals surface area contributed by atoms with E-state index < -0.39 is 0 Å². The largest absolute Gasteiger partial charge is 0.488 e. The fraction of sp³-hybridized carbons (Fsp3) is 0.500. The Morgan fingerprint density at radius 1 is 1.38 bits per heavy atom. The molecule has 1 aromatic carbocycles. The summed E-state index contributed by atoms with van der Waals surface area (Å²) in [5.74, 6) is 0.804. The molecule has 0 amide bonds. The van der Waals surface area contributed by atoms with Crippen molar-refractivity contribution >= 4 is 23.2 Å². The first kappa shape index (κ1) is 12.0. The van der Waals surface area contributed by atoms with E-state index in [9.17, 15) is 0 Å². The first-order chi connectivity index (χ1) is 7.63. The first-order valence-electron chi connectivity index (χ1n) is 5.52. The maximum Gasteiger partial charge on any atom is 0.127 e. The van der Waals surface area contributed by atoms with Gasteiger partial charge in [-0.05, 0) is 32.0 Å². The zero-order valence-electron chi connectivity index (χ0n) is 9.39. The van der Waals surface area contributed by atoms with Gasteiger partial charge in [0.2, 0.25) is 0 Å². The van der Waals surface area contributed by atoms with Crippen LogP contribution in [-0.2, 0) is 0 Å². The van der Waals surface area contributed by atoms with Crippen molar-refractivity contribution in [3.05, 3.63) is 27.7 Å². The number of benzene rings is 1. The number of ether oxygens (including phenoxy) is 1. The van der Waals surface area contributed by atoms with Gasteiger partial charge in [0.15, 0.2) is 0 Å². The van der Waals surface area contributed by atoms with Crippen LogP contribution in [0.15, 0.2) is 12.1 Å². The van der Waals surface area contributed by atoms with Crippen LogP contribution in [0.4, 0.5) is 0 Å². The Morgan fingerprint density at radius 2 is 2.12 bits per heavy atom. The van der Waals surface area contributed by atoms with Crippen LogP contribution < -0.4 is 10.1 Å². The number of hydrogen-bond donors (Lipinski definition) is 1. The number of rotatable bonds is 3. The van der Waals surface area contributed by atoms with Crippen LogP contribution in [-0.4, -0.2) is 12.6 Å². The zero-order valence-corrected chi connectivity index (χ0v) is 10.9. The van der Waals surface area contributed by atoms with E-state index in [1.807, 2.05) is 13.0 Å². The van der Waals surface area contributed by atoms with Gasteiger partial charge in [0.1, 0.15) is 11.9 Å². The molecule has 4 heteroatoms. The summed E-state index contributed by atoms with van der Waals surface area (Å²) >= 11 is 12.2. The Bertz CT molecular complexity index is 395. The molecule has 2 rings (SSSR count). The molecular weight excluding hydrogens is 245 g/mol. The molecule has 1 aromatic rings. The van der Waals surface area contributed by atoms with Gasteiger partial charge < -0.3 is 10.1 Å². The predicted octanol–water partition coefficient (Wildman–Crippen LogP) is 3.82. The van der Waals surface area contributed by atoms with Crippen molar-refractivity contribution in [1.82, 2.24) is 5.32 Å². The highest BCUT2D eigenvalue weighted by molar-refractivity contribution is 6.35. The Labute approximate surface area is 106 Å². The Kier molecular flexibility index (Phi) is 3.63. The van der Waals surface area contributed by atoms with Crippen molar-refractivity contribution in [2.75, 3.05) is 6.54 Å².